The summed E-state index contributed by atoms with van der Waals surface area (Å²) in [7, 11) is 1.77. The van der Waals surface area contributed by atoms with E-state index in [0.717, 1.165) is 5.69 Å². The molecular weight excluding hydrogens is 417 g/mol. The Labute approximate surface area is 179 Å². The average Bonchev–Trinajstić information content (AvgIpc) is 3.57. The highest BCUT2D eigenvalue weighted by molar-refractivity contribution is 5.90. The van der Waals surface area contributed by atoms with E-state index >= 15 is 0 Å². The maximum absolute atomic E-state index is 13.7. The van der Waals surface area contributed by atoms with Gasteiger partial charge in [0.05, 0.1) is 23.2 Å². The number of carbonyl (C=O) groups excluding carboxylic acids is 1. The lowest BCUT2D eigenvalue weighted by atomic mass is 9.99. The van der Waals surface area contributed by atoms with Gasteiger partial charge in [-0.25, -0.2) is 13.9 Å². The minimum atomic E-state index is -0.592. The first-order valence-electron chi connectivity index (χ1n) is 9.88. The van der Waals surface area contributed by atoms with Gasteiger partial charge < -0.3 is 14.3 Å². The number of pyridine rings is 1. The van der Waals surface area contributed by atoms with Crippen molar-refractivity contribution in [1.29, 1.82) is 0 Å². The lowest BCUT2D eigenvalue weighted by Gasteiger charge is -2.32. The molecule has 0 saturated heterocycles. The van der Waals surface area contributed by atoms with Crippen molar-refractivity contribution < 1.29 is 13.6 Å². The number of H-pyrrole nitrogens is 1. The molecule has 12 heteroatoms. The molecule has 160 valence electrons. The van der Waals surface area contributed by atoms with E-state index in [2.05, 4.69) is 30.4 Å². The molecule has 0 bridgehead atoms. The molecule has 32 heavy (non-hydrogen) atoms. The van der Waals surface area contributed by atoms with Crippen molar-refractivity contribution in [1.82, 2.24) is 44.5 Å². The zero-order valence-electron chi connectivity index (χ0n) is 16.8. The van der Waals surface area contributed by atoms with Crippen LogP contribution in [0.15, 0.2) is 47.4 Å². The summed E-state index contributed by atoms with van der Waals surface area (Å²) in [5, 5.41) is 16.7. The largest absolute Gasteiger partial charge is 0.411 e. The maximum atomic E-state index is 13.7. The van der Waals surface area contributed by atoms with Gasteiger partial charge in [0.2, 0.25) is 0 Å². The number of nitrogens with zero attached hydrogens (tertiary/aromatic N) is 8. The van der Waals surface area contributed by atoms with E-state index in [1.807, 2.05) is 0 Å². The number of halogens is 1. The summed E-state index contributed by atoms with van der Waals surface area (Å²) in [5.41, 5.74) is 3.21. The first kappa shape index (κ1) is 18.4. The Hall–Kier alpha value is -4.35. The van der Waals surface area contributed by atoms with Gasteiger partial charge in [-0.3, -0.25) is 9.48 Å². The number of carbonyl (C=O) groups is 1. The number of imidazole rings is 1. The van der Waals surface area contributed by atoms with Crippen LogP contribution in [0, 0.1) is 5.82 Å². The molecule has 0 radical (unpaired) electrons. The quantitative estimate of drug-likeness (QED) is 0.460. The molecule has 0 spiro atoms. The number of aromatic nitrogens is 8. The van der Waals surface area contributed by atoms with Gasteiger partial charge in [-0.05, 0) is 24.3 Å². The van der Waals surface area contributed by atoms with E-state index in [1.54, 1.807) is 45.8 Å². The molecule has 5 aromatic heterocycles. The SMILES string of the molecule is Cn1ccc(-c2nnc(C(=O)N3CCc4[nH]cnc4C3c3cc4cc(F)ccn4n3)o2)n1. The van der Waals surface area contributed by atoms with Gasteiger partial charge in [-0.15, -0.1) is 10.2 Å². The Kier molecular flexibility index (Phi) is 3.93. The van der Waals surface area contributed by atoms with Crippen LogP contribution in [0.2, 0.25) is 0 Å². The molecule has 0 aromatic carbocycles. The Morgan fingerprint density at radius 1 is 1.22 bits per heavy atom. The van der Waals surface area contributed by atoms with Crippen LogP contribution in [-0.4, -0.2) is 56.9 Å². The number of nitrogens with one attached hydrogen (secondary N) is 1. The van der Waals surface area contributed by atoms with Gasteiger partial charge >= 0.3 is 11.8 Å². The summed E-state index contributed by atoms with van der Waals surface area (Å²) in [5.74, 6) is -0.800. The van der Waals surface area contributed by atoms with Crippen LogP contribution in [0.5, 0.6) is 0 Å². The van der Waals surface area contributed by atoms with Crippen LogP contribution >= 0.6 is 0 Å². The second-order valence-corrected chi connectivity index (χ2v) is 7.49. The Morgan fingerprint density at radius 3 is 2.97 bits per heavy atom. The van der Waals surface area contributed by atoms with Crippen LogP contribution in [0.1, 0.15) is 33.8 Å². The number of amides is 1. The zero-order valence-corrected chi connectivity index (χ0v) is 16.8. The number of rotatable bonds is 3. The predicted molar refractivity (Wildman–Crippen MR) is 107 cm³/mol. The minimum absolute atomic E-state index is 0.149. The molecule has 0 fully saturated rings. The van der Waals surface area contributed by atoms with Gasteiger partial charge in [0.1, 0.15) is 17.6 Å². The van der Waals surface area contributed by atoms with E-state index in [4.69, 9.17) is 4.42 Å². The molecule has 1 atom stereocenters. The Bertz CT molecular complexity index is 1460. The molecule has 6 heterocycles. The summed E-state index contributed by atoms with van der Waals surface area (Å²) in [6, 6.07) is 5.58. The number of aryl methyl sites for hydroxylation is 1. The highest BCUT2D eigenvalue weighted by atomic mass is 19.1. The standard InChI is InChI=1S/C20H16FN9O2/c1-28-5-3-14(26-28)18-24-25-19(32-18)20(31)29-6-4-13-16(23-10-22-13)17(29)15-9-12-8-11(21)2-7-30(12)27-15/h2-3,5,7-10,17H,4,6H2,1H3,(H,22,23). The van der Waals surface area contributed by atoms with Crippen molar-refractivity contribution >= 4 is 11.4 Å². The number of aromatic amines is 1. The van der Waals surface area contributed by atoms with Crippen molar-refractivity contribution in [2.45, 2.75) is 12.5 Å². The fourth-order valence-electron chi connectivity index (χ4n) is 3.98. The summed E-state index contributed by atoms with van der Waals surface area (Å²) in [6.07, 6.45) is 5.45. The molecule has 1 aliphatic rings. The molecule has 1 aliphatic heterocycles. The van der Waals surface area contributed by atoms with E-state index in [1.165, 1.54) is 18.3 Å². The van der Waals surface area contributed by atoms with Crippen molar-refractivity contribution in [3.63, 3.8) is 0 Å². The fraction of sp³-hybridized carbons (Fsp3) is 0.200. The topological polar surface area (TPSA) is 123 Å². The molecule has 0 aliphatic carbocycles. The molecule has 5 aromatic rings. The molecule has 0 saturated carbocycles. The summed E-state index contributed by atoms with van der Waals surface area (Å²) in [6.45, 7) is 0.391. The van der Waals surface area contributed by atoms with E-state index < -0.39 is 11.9 Å². The van der Waals surface area contributed by atoms with Crippen LogP contribution in [0.3, 0.4) is 0 Å². The van der Waals surface area contributed by atoms with Gasteiger partial charge in [0, 0.05) is 38.1 Å². The number of hydrogen-bond donors (Lipinski definition) is 1. The summed E-state index contributed by atoms with van der Waals surface area (Å²) in [4.78, 5) is 22.6. The van der Waals surface area contributed by atoms with Crippen molar-refractivity contribution in [2.24, 2.45) is 7.05 Å². The highest BCUT2D eigenvalue weighted by Gasteiger charge is 2.38. The first-order chi connectivity index (χ1) is 15.6. The van der Waals surface area contributed by atoms with Gasteiger partial charge in [0.15, 0.2) is 0 Å². The first-order valence-corrected chi connectivity index (χ1v) is 9.88. The monoisotopic (exact) mass is 433 g/mol. The normalized spacial score (nSPS) is 15.9. The average molecular weight is 433 g/mol. The smallest absolute Gasteiger partial charge is 0.312 e. The van der Waals surface area contributed by atoms with Gasteiger partial charge in [0.25, 0.3) is 5.89 Å². The highest BCUT2D eigenvalue weighted by Crippen LogP contribution is 2.34. The van der Waals surface area contributed by atoms with Crippen LogP contribution < -0.4 is 0 Å². The molecule has 11 nitrogen and oxygen atoms in total. The minimum Gasteiger partial charge on any atom is -0.411 e. The van der Waals surface area contributed by atoms with Crippen molar-refractivity contribution in [2.75, 3.05) is 6.54 Å². The molecule has 1 N–H and O–H groups in total. The second kappa shape index (κ2) is 6.83. The van der Waals surface area contributed by atoms with Gasteiger partial charge in [-0.2, -0.15) is 10.2 Å². The predicted octanol–water partition coefficient (Wildman–Crippen LogP) is 1.77. The fourth-order valence-corrected chi connectivity index (χ4v) is 3.98. The zero-order chi connectivity index (χ0) is 21.8. The number of hydrogen-bond acceptors (Lipinski definition) is 7. The molecule has 6 rings (SSSR count). The van der Waals surface area contributed by atoms with E-state index in [0.29, 0.717) is 35.6 Å². The third-order valence-corrected chi connectivity index (χ3v) is 5.45. The van der Waals surface area contributed by atoms with E-state index in [9.17, 15) is 9.18 Å². The molecule has 1 unspecified atom stereocenters. The lowest BCUT2D eigenvalue weighted by molar-refractivity contribution is 0.0646. The lowest BCUT2D eigenvalue weighted by Crippen LogP contribution is -2.41. The van der Waals surface area contributed by atoms with Crippen LogP contribution in [-0.2, 0) is 13.5 Å². The Morgan fingerprint density at radius 2 is 2.12 bits per heavy atom. The summed E-state index contributed by atoms with van der Waals surface area (Å²) >= 11 is 0. The third-order valence-electron chi connectivity index (χ3n) is 5.45. The Balaban J connectivity index is 1.40. The van der Waals surface area contributed by atoms with Crippen LogP contribution in [0.4, 0.5) is 4.39 Å². The maximum Gasteiger partial charge on any atom is 0.312 e. The van der Waals surface area contributed by atoms with E-state index in [-0.39, 0.29) is 17.6 Å². The number of fused-ring (bicyclic) bond motifs is 2. The molecule has 1 amide bonds. The van der Waals surface area contributed by atoms with Crippen molar-refractivity contribution in [3.05, 3.63) is 71.8 Å². The van der Waals surface area contributed by atoms with Crippen molar-refractivity contribution in [3.8, 4) is 11.6 Å². The summed E-state index contributed by atoms with van der Waals surface area (Å²) < 4.78 is 22.5. The third kappa shape index (κ3) is 2.87. The second-order valence-electron chi connectivity index (χ2n) is 7.49. The molecular formula is C20H16FN9O2. The van der Waals surface area contributed by atoms with Crippen LogP contribution in [0.25, 0.3) is 17.1 Å². The van der Waals surface area contributed by atoms with Gasteiger partial charge in [-0.1, -0.05) is 0 Å².